The quantitative estimate of drug-likeness (QED) is 0.497. The first-order valence-corrected chi connectivity index (χ1v) is 10.8. The Morgan fingerprint density at radius 1 is 0.893 bits per heavy atom. The van der Waals surface area contributed by atoms with Crippen LogP contribution < -0.4 is 4.74 Å². The zero-order chi connectivity index (χ0) is 19.7. The fraction of sp³-hybridized carbons (Fsp3) is 0.174. The van der Waals surface area contributed by atoms with Crippen LogP contribution in [0.15, 0.2) is 78.9 Å². The van der Waals surface area contributed by atoms with Crippen molar-refractivity contribution in [2.24, 2.45) is 0 Å². The number of sulfone groups is 1. The first kappa shape index (κ1) is 18.4. The minimum absolute atomic E-state index is 0.210. The van der Waals surface area contributed by atoms with E-state index in [9.17, 15) is 13.2 Å². The fourth-order valence-corrected chi connectivity index (χ4v) is 5.66. The molecule has 0 amide bonds. The number of carbonyl (C=O) groups excluding carboxylic acids is 1. The molecule has 0 spiro atoms. The van der Waals surface area contributed by atoms with Gasteiger partial charge in [-0.2, -0.15) is 0 Å². The number of carbonyl (C=O) groups is 1. The third-order valence-electron chi connectivity index (χ3n) is 5.00. The molecule has 142 valence electrons. The van der Waals surface area contributed by atoms with E-state index in [1.165, 1.54) is 0 Å². The molecule has 4 nitrogen and oxygen atoms in total. The summed E-state index contributed by atoms with van der Waals surface area (Å²) in [7, 11) is -3.81. The second-order valence-electron chi connectivity index (χ2n) is 7.06. The molecule has 0 saturated carbocycles. The van der Waals surface area contributed by atoms with Crippen molar-refractivity contribution < 1.29 is 17.9 Å². The summed E-state index contributed by atoms with van der Waals surface area (Å²) in [6.07, 6.45) is 0. The van der Waals surface area contributed by atoms with Crippen LogP contribution in [-0.4, -0.2) is 19.6 Å². The van der Waals surface area contributed by atoms with E-state index in [1.807, 2.05) is 49.4 Å². The number of hydrogen-bond acceptors (Lipinski definition) is 4. The molecule has 0 aliphatic carbocycles. The van der Waals surface area contributed by atoms with Gasteiger partial charge in [0.2, 0.25) is 0 Å². The van der Waals surface area contributed by atoms with Gasteiger partial charge in [-0.3, -0.25) is 4.79 Å². The Hall–Kier alpha value is -2.92. The first-order chi connectivity index (χ1) is 13.5. The third kappa shape index (κ3) is 3.45. The monoisotopic (exact) mass is 392 g/mol. The van der Waals surface area contributed by atoms with Gasteiger partial charge in [0.25, 0.3) is 0 Å². The molecule has 1 aliphatic heterocycles. The van der Waals surface area contributed by atoms with E-state index >= 15 is 0 Å². The molecule has 0 fully saturated rings. The highest BCUT2D eigenvalue weighted by atomic mass is 32.2. The largest absolute Gasteiger partial charge is 0.425 e. The summed E-state index contributed by atoms with van der Waals surface area (Å²) >= 11 is 0. The average molecular weight is 392 g/mol. The van der Waals surface area contributed by atoms with Crippen molar-refractivity contribution in [3.8, 4) is 5.75 Å². The molecule has 0 aromatic heterocycles. The second kappa shape index (κ2) is 7.24. The summed E-state index contributed by atoms with van der Waals surface area (Å²) in [5.41, 5.74) is 3.17. The van der Waals surface area contributed by atoms with Crippen LogP contribution in [0.2, 0.25) is 0 Å². The maximum Gasteiger partial charge on any atom is 0.330 e. The molecule has 1 heterocycles. The normalized spacial score (nSPS) is 19.0. The molecule has 4 rings (SSSR count). The Morgan fingerprint density at radius 3 is 2.36 bits per heavy atom. The van der Waals surface area contributed by atoms with Gasteiger partial charge >= 0.3 is 5.97 Å². The Morgan fingerprint density at radius 2 is 1.61 bits per heavy atom. The van der Waals surface area contributed by atoms with Crippen molar-refractivity contribution in [1.82, 2.24) is 0 Å². The molecule has 3 aromatic carbocycles. The van der Waals surface area contributed by atoms with E-state index in [4.69, 9.17) is 4.74 Å². The first-order valence-electron chi connectivity index (χ1n) is 9.08. The topological polar surface area (TPSA) is 60.4 Å². The van der Waals surface area contributed by atoms with Crippen LogP contribution in [0.4, 0.5) is 0 Å². The average Bonchev–Trinajstić information content (AvgIpc) is 2.67. The predicted molar refractivity (Wildman–Crippen MR) is 108 cm³/mol. The van der Waals surface area contributed by atoms with E-state index in [-0.39, 0.29) is 5.75 Å². The highest BCUT2D eigenvalue weighted by molar-refractivity contribution is 7.92. The number of aryl methyl sites for hydroxylation is 1. The van der Waals surface area contributed by atoms with Crippen LogP contribution in [0.1, 0.15) is 28.2 Å². The van der Waals surface area contributed by atoms with Gasteiger partial charge in [0.15, 0.2) is 15.1 Å². The van der Waals surface area contributed by atoms with Gasteiger partial charge < -0.3 is 4.74 Å². The molecule has 0 N–H and O–H groups in total. The fourth-order valence-electron chi connectivity index (χ4n) is 3.76. The second-order valence-corrected chi connectivity index (χ2v) is 9.19. The SMILES string of the molecule is Cc1cccc(C2c3ccccc3OC(=O)C2S(=O)(=O)Cc2ccccc2)c1. The van der Waals surface area contributed by atoms with E-state index in [0.717, 1.165) is 11.1 Å². The van der Waals surface area contributed by atoms with Crippen LogP contribution in [0.5, 0.6) is 5.75 Å². The molecule has 0 bridgehead atoms. The number of ether oxygens (including phenoxy) is 1. The van der Waals surface area contributed by atoms with Crippen molar-refractivity contribution in [3.05, 3.63) is 101 Å². The molecule has 0 radical (unpaired) electrons. The van der Waals surface area contributed by atoms with Crippen LogP contribution in [0, 0.1) is 6.92 Å². The molecule has 3 aromatic rings. The van der Waals surface area contributed by atoms with Crippen molar-refractivity contribution in [2.75, 3.05) is 0 Å². The Kier molecular flexibility index (Phi) is 4.77. The van der Waals surface area contributed by atoms with Gasteiger partial charge in [0.05, 0.1) is 5.75 Å². The molecule has 28 heavy (non-hydrogen) atoms. The van der Waals surface area contributed by atoms with E-state index in [1.54, 1.807) is 36.4 Å². The van der Waals surface area contributed by atoms with Crippen molar-refractivity contribution in [3.63, 3.8) is 0 Å². The van der Waals surface area contributed by atoms with Gasteiger partial charge in [-0.05, 0) is 24.1 Å². The lowest BCUT2D eigenvalue weighted by Gasteiger charge is -2.32. The summed E-state index contributed by atoms with van der Waals surface area (Å²) in [6, 6.07) is 23.7. The van der Waals surface area contributed by atoms with E-state index < -0.39 is 27.0 Å². The van der Waals surface area contributed by atoms with Crippen LogP contribution in [0.3, 0.4) is 0 Å². The molecule has 2 atom stereocenters. The maximum atomic E-state index is 13.3. The van der Waals surface area contributed by atoms with Gasteiger partial charge in [-0.15, -0.1) is 0 Å². The zero-order valence-electron chi connectivity index (χ0n) is 15.4. The number of esters is 1. The van der Waals surface area contributed by atoms with E-state index in [2.05, 4.69) is 0 Å². The van der Waals surface area contributed by atoms with Gasteiger partial charge in [0, 0.05) is 11.5 Å². The predicted octanol–water partition coefficient (Wildman–Crippen LogP) is 4.03. The molecular weight excluding hydrogens is 372 g/mol. The minimum Gasteiger partial charge on any atom is -0.425 e. The number of hydrogen-bond donors (Lipinski definition) is 0. The smallest absolute Gasteiger partial charge is 0.330 e. The van der Waals surface area contributed by atoms with Gasteiger partial charge in [0.1, 0.15) is 5.75 Å². The highest BCUT2D eigenvalue weighted by Crippen LogP contribution is 2.42. The summed E-state index contributed by atoms with van der Waals surface area (Å²) in [5, 5.41) is -1.29. The van der Waals surface area contributed by atoms with Gasteiger partial charge in [-0.25, -0.2) is 8.42 Å². The number of para-hydroxylation sites is 1. The summed E-state index contributed by atoms with van der Waals surface area (Å²) in [4.78, 5) is 12.9. The van der Waals surface area contributed by atoms with Crippen LogP contribution in [-0.2, 0) is 20.4 Å². The van der Waals surface area contributed by atoms with Gasteiger partial charge in [-0.1, -0.05) is 78.4 Å². The van der Waals surface area contributed by atoms with Crippen molar-refractivity contribution >= 4 is 15.8 Å². The molecular formula is C23H20O4S. The lowest BCUT2D eigenvalue weighted by Crippen LogP contribution is -2.43. The highest BCUT2D eigenvalue weighted by Gasteiger charge is 2.46. The van der Waals surface area contributed by atoms with Crippen LogP contribution in [0.25, 0.3) is 0 Å². The molecule has 2 unspecified atom stereocenters. The van der Waals surface area contributed by atoms with E-state index in [0.29, 0.717) is 16.9 Å². The lowest BCUT2D eigenvalue weighted by molar-refractivity contribution is -0.135. The summed E-state index contributed by atoms with van der Waals surface area (Å²) in [6.45, 7) is 1.95. The summed E-state index contributed by atoms with van der Waals surface area (Å²) in [5.74, 6) is -1.12. The Labute approximate surface area is 164 Å². The maximum absolute atomic E-state index is 13.3. The standard InChI is InChI=1S/C23H20O4S/c1-16-8-7-11-18(14-16)21-19-12-5-6-13-20(19)27-23(24)22(21)28(25,26)15-17-9-3-2-4-10-17/h2-14,21-22H,15H2,1H3. The van der Waals surface area contributed by atoms with Crippen molar-refractivity contribution in [1.29, 1.82) is 0 Å². The third-order valence-corrected chi connectivity index (χ3v) is 6.97. The lowest BCUT2D eigenvalue weighted by atomic mass is 9.85. The Bertz CT molecular complexity index is 1120. The zero-order valence-corrected chi connectivity index (χ0v) is 16.2. The summed E-state index contributed by atoms with van der Waals surface area (Å²) < 4.78 is 32.1. The molecule has 0 saturated heterocycles. The number of rotatable bonds is 4. The Balaban J connectivity index is 1.85. The number of fused-ring (bicyclic) bond motifs is 1. The van der Waals surface area contributed by atoms with Crippen molar-refractivity contribution in [2.45, 2.75) is 23.8 Å². The van der Waals surface area contributed by atoms with Crippen LogP contribution >= 0.6 is 0 Å². The molecule has 1 aliphatic rings. The number of benzene rings is 3. The minimum atomic E-state index is -3.81. The molecule has 5 heteroatoms.